The molecule has 2 amide bonds. The van der Waals surface area contributed by atoms with Crippen molar-refractivity contribution >= 4 is 23.2 Å². The fraction of sp³-hybridized carbons (Fsp3) is 0.182. The van der Waals surface area contributed by atoms with E-state index in [1.165, 1.54) is 38.1 Å². The number of nitrogens with zero attached hydrogens (tertiary/aromatic N) is 2. The van der Waals surface area contributed by atoms with Gasteiger partial charge < -0.3 is 21.5 Å². The van der Waals surface area contributed by atoms with E-state index in [1.54, 1.807) is 0 Å². The molecule has 12 heteroatoms. The summed E-state index contributed by atoms with van der Waals surface area (Å²) in [7, 11) is 0. The zero-order chi connectivity index (χ0) is 25.2. The number of aromatic nitrogens is 2. The molecule has 0 saturated carbocycles. The topological polar surface area (TPSA) is 139 Å². The molecule has 178 valence electrons. The predicted molar refractivity (Wildman–Crippen MR) is 118 cm³/mol. The minimum absolute atomic E-state index is 0.00792. The Labute approximate surface area is 191 Å². The van der Waals surface area contributed by atoms with E-state index in [4.69, 9.17) is 5.73 Å². The molecule has 0 fully saturated rings. The Balaban J connectivity index is 1.94. The lowest BCUT2D eigenvalue weighted by molar-refractivity contribution is -0.137. The SMILES string of the molecule is CC(=O)Nc1ccc(O)cc1-n1nc(C(=O)N[C@H](C)c2cc(N)cc(C(F)(F)F)c2)ccc1=O. The highest BCUT2D eigenvalue weighted by Gasteiger charge is 2.31. The highest BCUT2D eigenvalue weighted by molar-refractivity contribution is 5.93. The quantitative estimate of drug-likeness (QED) is 0.331. The van der Waals surface area contributed by atoms with Crippen LogP contribution in [0.3, 0.4) is 0 Å². The number of nitrogens with one attached hydrogen (secondary N) is 2. The molecular formula is C22H20F3N5O4. The maximum atomic E-state index is 13.1. The summed E-state index contributed by atoms with van der Waals surface area (Å²) in [6, 6.07) is 8.11. The van der Waals surface area contributed by atoms with E-state index in [0.717, 1.165) is 28.9 Å². The molecule has 0 radical (unpaired) electrons. The Kier molecular flexibility index (Phi) is 6.61. The molecule has 1 heterocycles. The van der Waals surface area contributed by atoms with Gasteiger partial charge in [-0.15, -0.1) is 0 Å². The van der Waals surface area contributed by atoms with E-state index in [9.17, 15) is 32.7 Å². The average molecular weight is 475 g/mol. The van der Waals surface area contributed by atoms with Gasteiger partial charge in [-0.25, -0.2) is 0 Å². The van der Waals surface area contributed by atoms with Crippen LogP contribution in [0.1, 0.15) is 41.5 Å². The first-order valence-electron chi connectivity index (χ1n) is 9.85. The molecule has 0 saturated heterocycles. The molecule has 1 aromatic heterocycles. The number of amides is 2. The van der Waals surface area contributed by atoms with Crippen LogP contribution in [0.4, 0.5) is 24.5 Å². The molecular weight excluding hydrogens is 455 g/mol. The van der Waals surface area contributed by atoms with Crippen LogP contribution >= 0.6 is 0 Å². The summed E-state index contributed by atoms with van der Waals surface area (Å²) in [5.74, 6) is -1.44. The van der Waals surface area contributed by atoms with Crippen LogP contribution in [0, 0.1) is 0 Å². The molecule has 34 heavy (non-hydrogen) atoms. The van der Waals surface area contributed by atoms with E-state index in [1.807, 2.05) is 0 Å². The number of anilines is 2. The van der Waals surface area contributed by atoms with Crippen LogP contribution in [-0.4, -0.2) is 26.7 Å². The zero-order valence-electron chi connectivity index (χ0n) is 18.0. The normalized spacial score (nSPS) is 12.1. The smallest absolute Gasteiger partial charge is 0.416 e. The third kappa shape index (κ3) is 5.52. The molecule has 0 bridgehead atoms. The van der Waals surface area contributed by atoms with E-state index in [-0.39, 0.29) is 34.1 Å². The summed E-state index contributed by atoms with van der Waals surface area (Å²) in [5, 5.41) is 18.8. The lowest BCUT2D eigenvalue weighted by Crippen LogP contribution is -2.31. The first-order chi connectivity index (χ1) is 15.8. The monoisotopic (exact) mass is 475 g/mol. The molecule has 0 spiro atoms. The standard InChI is InChI=1S/C22H20F3N5O4/c1-11(13-7-14(22(23,24)25)9-15(26)8-13)27-21(34)18-5-6-20(33)30(29-18)19-10-16(32)3-4-17(19)28-12(2)31/h3-11,32H,26H2,1-2H3,(H,27,34)(H,28,31)/t11-/m1/s1. The molecule has 1 atom stereocenters. The minimum Gasteiger partial charge on any atom is -0.508 e. The first kappa shape index (κ1) is 24.3. The van der Waals surface area contributed by atoms with Crippen molar-refractivity contribution in [2.75, 3.05) is 11.1 Å². The number of halogens is 3. The fourth-order valence-electron chi connectivity index (χ4n) is 3.14. The third-order valence-corrected chi connectivity index (χ3v) is 4.71. The van der Waals surface area contributed by atoms with Gasteiger partial charge in [-0.3, -0.25) is 14.4 Å². The Morgan fingerprint density at radius 1 is 1.12 bits per heavy atom. The van der Waals surface area contributed by atoms with E-state index in [2.05, 4.69) is 15.7 Å². The van der Waals surface area contributed by atoms with Crippen LogP contribution in [0.15, 0.2) is 53.3 Å². The number of aromatic hydroxyl groups is 1. The maximum Gasteiger partial charge on any atom is 0.416 e. The van der Waals surface area contributed by atoms with Crippen LogP contribution in [0.5, 0.6) is 5.75 Å². The Morgan fingerprint density at radius 2 is 1.82 bits per heavy atom. The van der Waals surface area contributed by atoms with Crippen molar-refractivity contribution < 1.29 is 27.9 Å². The van der Waals surface area contributed by atoms with Gasteiger partial charge in [-0.2, -0.15) is 23.0 Å². The summed E-state index contributed by atoms with van der Waals surface area (Å²) < 4.78 is 40.1. The molecule has 3 aromatic rings. The summed E-state index contributed by atoms with van der Waals surface area (Å²) in [4.78, 5) is 36.7. The van der Waals surface area contributed by atoms with Crippen molar-refractivity contribution in [3.63, 3.8) is 0 Å². The summed E-state index contributed by atoms with van der Waals surface area (Å²) in [6.45, 7) is 2.71. The van der Waals surface area contributed by atoms with Crippen molar-refractivity contribution in [3.05, 3.63) is 75.7 Å². The minimum atomic E-state index is -4.61. The molecule has 5 N–H and O–H groups in total. The van der Waals surface area contributed by atoms with Crippen LogP contribution in [0.2, 0.25) is 0 Å². The Bertz CT molecular complexity index is 1320. The fourth-order valence-corrected chi connectivity index (χ4v) is 3.14. The molecule has 3 rings (SSSR count). The van der Waals surface area contributed by atoms with Gasteiger partial charge >= 0.3 is 6.18 Å². The number of alkyl halides is 3. The molecule has 0 aliphatic heterocycles. The van der Waals surface area contributed by atoms with Crippen molar-refractivity contribution in [1.82, 2.24) is 15.1 Å². The highest BCUT2D eigenvalue weighted by atomic mass is 19.4. The largest absolute Gasteiger partial charge is 0.508 e. The van der Waals surface area contributed by atoms with Crippen LogP contribution < -0.4 is 21.9 Å². The molecule has 0 aliphatic rings. The van der Waals surface area contributed by atoms with Crippen LogP contribution in [0.25, 0.3) is 5.69 Å². The van der Waals surface area contributed by atoms with Crippen molar-refractivity contribution in [3.8, 4) is 11.4 Å². The van der Waals surface area contributed by atoms with E-state index >= 15 is 0 Å². The van der Waals surface area contributed by atoms with Gasteiger partial charge in [0.05, 0.1) is 23.0 Å². The van der Waals surface area contributed by atoms with Crippen molar-refractivity contribution in [2.45, 2.75) is 26.1 Å². The number of hydrogen-bond donors (Lipinski definition) is 4. The Hall–Kier alpha value is -4.35. The number of phenols is 1. The molecule has 0 aliphatic carbocycles. The number of hydrogen-bond acceptors (Lipinski definition) is 6. The number of phenolic OH excluding ortho intramolecular Hbond substituents is 1. The molecule has 2 aromatic carbocycles. The van der Waals surface area contributed by atoms with Gasteiger partial charge in [0.1, 0.15) is 11.4 Å². The summed E-state index contributed by atoms with van der Waals surface area (Å²) in [5.41, 5.74) is 3.90. The molecule has 9 nitrogen and oxygen atoms in total. The second-order valence-corrected chi connectivity index (χ2v) is 7.43. The predicted octanol–water partition coefficient (Wildman–Crippen LogP) is 2.99. The van der Waals surface area contributed by atoms with E-state index in [0.29, 0.717) is 0 Å². The number of nitrogens with two attached hydrogens (primary N) is 1. The number of carbonyl (C=O) groups is 2. The number of nitrogen functional groups attached to an aromatic ring is 1. The van der Waals surface area contributed by atoms with Gasteiger partial charge in [-0.05, 0) is 48.9 Å². The van der Waals surface area contributed by atoms with Crippen molar-refractivity contribution in [1.29, 1.82) is 0 Å². The second-order valence-electron chi connectivity index (χ2n) is 7.43. The van der Waals surface area contributed by atoms with Gasteiger partial charge in [0.2, 0.25) is 5.91 Å². The van der Waals surface area contributed by atoms with E-state index < -0.39 is 35.2 Å². The summed E-state index contributed by atoms with van der Waals surface area (Å²) >= 11 is 0. The van der Waals surface area contributed by atoms with Crippen molar-refractivity contribution in [2.24, 2.45) is 0 Å². The third-order valence-electron chi connectivity index (χ3n) is 4.71. The van der Waals surface area contributed by atoms with Gasteiger partial charge in [0.25, 0.3) is 11.5 Å². The Morgan fingerprint density at radius 3 is 2.47 bits per heavy atom. The van der Waals surface area contributed by atoms with Gasteiger partial charge in [0.15, 0.2) is 0 Å². The van der Waals surface area contributed by atoms with Gasteiger partial charge in [-0.1, -0.05) is 0 Å². The number of rotatable bonds is 5. The van der Waals surface area contributed by atoms with Gasteiger partial charge in [0, 0.05) is 24.7 Å². The summed E-state index contributed by atoms with van der Waals surface area (Å²) in [6.07, 6.45) is -4.61. The van der Waals surface area contributed by atoms with Crippen LogP contribution in [-0.2, 0) is 11.0 Å². The maximum absolute atomic E-state index is 13.1. The molecule has 0 unspecified atom stereocenters. The first-order valence-corrected chi connectivity index (χ1v) is 9.85. The average Bonchev–Trinajstić information content (AvgIpc) is 2.74. The number of benzene rings is 2. The lowest BCUT2D eigenvalue weighted by Gasteiger charge is -2.17. The number of carbonyl (C=O) groups excluding carboxylic acids is 2. The zero-order valence-corrected chi connectivity index (χ0v) is 18.0. The second kappa shape index (κ2) is 9.25. The lowest BCUT2D eigenvalue weighted by atomic mass is 10.0. The highest BCUT2D eigenvalue weighted by Crippen LogP contribution is 2.32.